The molecule has 0 aliphatic heterocycles. The largest absolute Gasteiger partial charge is 0.435 e. The van der Waals surface area contributed by atoms with Crippen LogP contribution in [-0.2, 0) is 4.79 Å². The van der Waals surface area contributed by atoms with E-state index in [0.717, 1.165) is 5.75 Å². The van der Waals surface area contributed by atoms with Crippen LogP contribution in [-0.4, -0.2) is 20.4 Å². The first-order valence-electron chi connectivity index (χ1n) is 7.97. The minimum atomic E-state index is -0.170. The molecule has 1 aromatic heterocycles. The molecule has 0 spiro atoms. The zero-order valence-corrected chi connectivity index (χ0v) is 14.1. The number of carbonyl (C=O) groups is 1. The predicted octanol–water partition coefficient (Wildman–Crippen LogP) is 4.41. The highest BCUT2D eigenvalue weighted by Gasteiger charge is 2.25. The van der Waals surface area contributed by atoms with Crippen LogP contribution in [0, 0.1) is 0 Å². The molecule has 6 nitrogen and oxygen atoms in total. The maximum Gasteiger partial charge on any atom is 0.270 e. The van der Waals surface area contributed by atoms with E-state index in [2.05, 4.69) is 20.4 Å². The van der Waals surface area contributed by atoms with E-state index in [9.17, 15) is 4.79 Å². The van der Waals surface area contributed by atoms with Gasteiger partial charge in [-0.3, -0.25) is 4.79 Å². The molecule has 3 rings (SSSR count). The molecular weight excluding hydrogens is 312 g/mol. The van der Waals surface area contributed by atoms with Crippen LogP contribution in [0.1, 0.15) is 44.3 Å². The van der Waals surface area contributed by atoms with Crippen molar-refractivity contribution < 1.29 is 9.53 Å². The van der Waals surface area contributed by atoms with Crippen LogP contribution in [0.5, 0.6) is 11.6 Å². The Bertz CT molecular complexity index is 675. The fraction of sp³-hybridized carbons (Fsp3) is 0.438. The fourth-order valence-electron chi connectivity index (χ4n) is 2.77. The van der Waals surface area contributed by atoms with E-state index in [1.807, 2.05) is 30.3 Å². The monoisotopic (exact) mass is 335 g/mol. The molecule has 7 heteroatoms. The Morgan fingerprint density at radius 2 is 2.00 bits per heavy atom. The van der Waals surface area contributed by atoms with Crippen molar-refractivity contribution in [3.05, 3.63) is 35.7 Å². The molecule has 0 radical (unpaired) electrons. The Hall–Kier alpha value is -2.15. The molecule has 1 aliphatic rings. The van der Waals surface area contributed by atoms with Gasteiger partial charge in [-0.05, 0) is 25.0 Å². The van der Waals surface area contributed by atoms with Crippen molar-refractivity contribution in [3.8, 4) is 11.6 Å². The maximum absolute atomic E-state index is 11.4. The molecule has 1 aliphatic carbocycles. The first kappa shape index (κ1) is 15.7. The number of hydrogen-bond acceptors (Lipinski definition) is 2. The lowest BCUT2D eigenvalue weighted by Gasteiger charge is -2.17. The molecule has 1 atom stereocenters. The first-order chi connectivity index (χ1) is 11.2. The van der Waals surface area contributed by atoms with Crippen LogP contribution in [0.3, 0.4) is 0 Å². The zero-order chi connectivity index (χ0) is 16.1. The number of aromatic nitrogens is 3. The summed E-state index contributed by atoms with van der Waals surface area (Å²) in [6.45, 7) is 1.48. The molecule has 1 amide bonds. The number of rotatable bonds is 4. The van der Waals surface area contributed by atoms with Crippen molar-refractivity contribution in [1.82, 2.24) is 14.5 Å². The second-order valence-electron chi connectivity index (χ2n) is 5.74. The summed E-state index contributed by atoms with van der Waals surface area (Å²) in [4.78, 5) is 12.9. The number of para-hydroxylation sites is 1. The number of aromatic amines is 2. The average Bonchev–Trinajstić information content (AvgIpc) is 2.56. The Labute approximate surface area is 138 Å². The Kier molecular flexibility index (Phi) is 5.07. The van der Waals surface area contributed by atoms with Gasteiger partial charge < -0.3 is 4.74 Å². The number of hydrogen-bond donors (Lipinski definition) is 3. The van der Waals surface area contributed by atoms with Gasteiger partial charge in [0.1, 0.15) is 5.75 Å². The highest BCUT2D eigenvalue weighted by Crippen LogP contribution is 2.40. The van der Waals surface area contributed by atoms with Crippen molar-refractivity contribution >= 4 is 16.6 Å². The topological polar surface area (TPSA) is 74.8 Å². The molecule has 1 heterocycles. The van der Waals surface area contributed by atoms with E-state index in [-0.39, 0.29) is 16.6 Å². The number of ether oxygens (including phenoxy) is 1. The molecular formula is C16H23N4O2S+. The van der Waals surface area contributed by atoms with Gasteiger partial charge in [0.15, 0.2) is 5.25 Å². The minimum Gasteiger partial charge on any atom is -0.435 e. The van der Waals surface area contributed by atoms with E-state index < -0.39 is 0 Å². The molecule has 23 heavy (non-hydrogen) atoms. The summed E-state index contributed by atoms with van der Waals surface area (Å²) in [5.41, 5.74) is 2.72. The number of carbonyl (C=O) groups excluding carboxylic acids is 1. The van der Waals surface area contributed by atoms with Crippen molar-refractivity contribution in [1.29, 1.82) is 0 Å². The summed E-state index contributed by atoms with van der Waals surface area (Å²) in [6, 6.07) is 9.64. The Morgan fingerprint density at radius 1 is 1.26 bits per heavy atom. The van der Waals surface area contributed by atoms with Crippen LogP contribution >= 0.6 is 10.7 Å². The number of nitrogens with one attached hydrogen (secondary N) is 3. The van der Waals surface area contributed by atoms with Crippen LogP contribution in [0.15, 0.2) is 35.7 Å². The summed E-state index contributed by atoms with van der Waals surface area (Å²) in [5, 5.41) is 5.72. The zero-order valence-electron chi connectivity index (χ0n) is 13.2. The van der Waals surface area contributed by atoms with Crippen LogP contribution < -0.4 is 10.2 Å². The minimum absolute atomic E-state index is 0.141. The second-order valence-corrected chi connectivity index (χ2v) is 7.56. The number of benzene rings is 1. The standard InChI is InChI=1S/C16H22N4O2S/c1-13(21)17-20-18-16(22-14-8-4-2-5-9-14)12-23(19-20)15-10-6-3-7-11-15/h2,4-5,8-9,12,15,18-19H,3,6-7,10-11H2,1H3/p+1. The first-order valence-corrected chi connectivity index (χ1v) is 9.33. The van der Waals surface area contributed by atoms with Gasteiger partial charge in [0, 0.05) is 19.8 Å². The lowest BCUT2D eigenvalue weighted by atomic mass is 10.0. The average molecular weight is 335 g/mol. The van der Waals surface area contributed by atoms with Gasteiger partial charge in [-0.25, -0.2) is 10.5 Å². The van der Waals surface area contributed by atoms with Crippen molar-refractivity contribution in [2.24, 2.45) is 0 Å². The third-order valence-electron chi connectivity index (χ3n) is 3.80. The number of amides is 1. The lowest BCUT2D eigenvalue weighted by molar-refractivity contribution is -0.115. The van der Waals surface area contributed by atoms with Crippen LogP contribution in [0.4, 0.5) is 0 Å². The number of H-pyrrole nitrogens is 2. The lowest BCUT2D eigenvalue weighted by Crippen LogP contribution is -2.25. The molecule has 124 valence electrons. The molecule has 2 aromatic rings. The summed E-state index contributed by atoms with van der Waals surface area (Å²) >= 11 is 0. The van der Waals surface area contributed by atoms with E-state index in [1.54, 1.807) is 0 Å². The van der Waals surface area contributed by atoms with Gasteiger partial charge in [-0.2, -0.15) is 0 Å². The Morgan fingerprint density at radius 3 is 2.70 bits per heavy atom. The normalized spacial score (nSPS) is 16.0. The van der Waals surface area contributed by atoms with Gasteiger partial charge in [0.2, 0.25) is 11.3 Å². The third-order valence-corrected chi connectivity index (χ3v) is 5.86. The SMILES string of the molecule is CC(=O)Nn1[nH]c(Oc2ccccc2)c[s+](C2CCCCC2)[nH]1. The maximum atomic E-state index is 11.4. The van der Waals surface area contributed by atoms with Crippen molar-refractivity contribution in [3.63, 3.8) is 0 Å². The highest BCUT2D eigenvalue weighted by atomic mass is 32.2. The second kappa shape index (κ2) is 7.41. The van der Waals surface area contributed by atoms with Crippen LogP contribution in [0.2, 0.25) is 0 Å². The molecule has 1 aromatic carbocycles. The van der Waals surface area contributed by atoms with Crippen molar-refractivity contribution in [2.75, 3.05) is 5.43 Å². The van der Waals surface area contributed by atoms with Crippen LogP contribution in [0.25, 0.3) is 0 Å². The summed E-state index contributed by atoms with van der Waals surface area (Å²) in [5.74, 6) is 1.26. The molecule has 0 saturated heterocycles. The summed E-state index contributed by atoms with van der Waals surface area (Å²) in [6.07, 6.45) is 6.27. The fourth-order valence-corrected chi connectivity index (χ4v) is 4.64. The smallest absolute Gasteiger partial charge is 0.270 e. The van der Waals surface area contributed by atoms with Gasteiger partial charge in [-0.1, -0.05) is 34.0 Å². The van der Waals surface area contributed by atoms with Gasteiger partial charge in [0.05, 0.1) is 10.7 Å². The van der Waals surface area contributed by atoms with E-state index in [1.165, 1.54) is 43.9 Å². The third kappa shape index (κ3) is 4.41. The van der Waals surface area contributed by atoms with E-state index in [4.69, 9.17) is 4.74 Å². The van der Waals surface area contributed by atoms with Gasteiger partial charge in [0.25, 0.3) is 5.88 Å². The quantitative estimate of drug-likeness (QED) is 0.724. The molecule has 3 N–H and O–H groups in total. The number of nitrogens with zero attached hydrogens (tertiary/aromatic N) is 1. The highest BCUT2D eigenvalue weighted by molar-refractivity contribution is 7.25. The van der Waals surface area contributed by atoms with E-state index >= 15 is 0 Å². The summed E-state index contributed by atoms with van der Waals surface area (Å²) < 4.78 is 9.24. The van der Waals surface area contributed by atoms with E-state index in [0.29, 0.717) is 11.1 Å². The molecule has 1 unspecified atom stereocenters. The Balaban J connectivity index is 1.88. The van der Waals surface area contributed by atoms with Gasteiger partial charge in [-0.15, -0.1) is 0 Å². The van der Waals surface area contributed by atoms with Crippen molar-refractivity contribution in [2.45, 2.75) is 44.3 Å². The van der Waals surface area contributed by atoms with Gasteiger partial charge >= 0.3 is 0 Å². The summed E-state index contributed by atoms with van der Waals surface area (Å²) in [7, 11) is -0.170. The predicted molar refractivity (Wildman–Crippen MR) is 91.9 cm³/mol. The molecule has 1 saturated carbocycles. The molecule has 1 fully saturated rings. The molecule has 0 bridgehead atoms.